The second-order valence-corrected chi connectivity index (χ2v) is 3.36. The first-order chi connectivity index (χ1) is 4.33. The zero-order valence-electron chi connectivity index (χ0n) is 6.91. The lowest BCUT2D eigenvalue weighted by Crippen LogP contribution is -2.01. The highest BCUT2D eigenvalue weighted by molar-refractivity contribution is 6.34. The molecule has 0 unspecified atom stereocenters. The zero-order chi connectivity index (χ0) is 7.54. The maximum atomic E-state index is 3.59. The van der Waals surface area contributed by atoms with Gasteiger partial charge in [-0.3, -0.25) is 0 Å². The summed E-state index contributed by atoms with van der Waals surface area (Å²) in [6.45, 7) is 9.00. The van der Waals surface area contributed by atoms with Gasteiger partial charge < -0.3 is 5.32 Å². The predicted molar refractivity (Wildman–Crippen MR) is 49.0 cm³/mol. The maximum absolute atomic E-state index is 3.59. The Balaban J connectivity index is 0. The van der Waals surface area contributed by atoms with Gasteiger partial charge in [0.25, 0.3) is 0 Å². The van der Waals surface area contributed by atoms with Gasteiger partial charge in [0.1, 0.15) is 0 Å². The third-order valence-corrected chi connectivity index (χ3v) is 1.83. The van der Waals surface area contributed by atoms with E-state index in [4.69, 9.17) is 0 Å². The number of rotatable bonds is 3. The Hall–Kier alpha value is -0.0831. The molecule has 0 rings (SSSR count). The molecule has 0 saturated carbocycles. The van der Waals surface area contributed by atoms with Gasteiger partial charge in [0.2, 0.25) is 0 Å². The predicted octanol–water partition coefficient (Wildman–Crippen LogP) is 1.03. The van der Waals surface area contributed by atoms with Gasteiger partial charge >= 0.3 is 0 Å². The summed E-state index contributed by atoms with van der Waals surface area (Å²) in [5.74, 6) is 0. The molecule has 2 heteroatoms. The lowest BCUT2D eigenvalue weighted by atomic mass is 10.8. The Morgan fingerprint density at radius 1 is 1.67 bits per heavy atom. The van der Waals surface area contributed by atoms with Crippen LogP contribution in [0.1, 0.15) is 6.92 Å². The highest BCUT2D eigenvalue weighted by Gasteiger charge is 1.63. The fourth-order valence-corrected chi connectivity index (χ4v) is 0.612. The van der Waals surface area contributed by atoms with E-state index in [-0.39, 0.29) is 0 Å². The topological polar surface area (TPSA) is 12.0 Å². The maximum Gasteiger partial charge on any atom is 0.0209 e. The molecule has 0 saturated heterocycles. The van der Waals surface area contributed by atoms with Crippen LogP contribution in [0.3, 0.4) is 0 Å². The lowest BCUT2D eigenvalue weighted by Gasteiger charge is -1.76. The molecule has 0 bridgehead atoms. The molecule has 0 aliphatic rings. The van der Waals surface area contributed by atoms with Crippen LogP contribution in [0.2, 0.25) is 12.6 Å². The number of nitrogens with one attached hydrogen (secondary N) is 1. The molecule has 9 heavy (non-hydrogen) atoms. The summed E-state index contributed by atoms with van der Waals surface area (Å²) in [5, 5.41) is 2.93. The van der Waals surface area contributed by atoms with Crippen molar-refractivity contribution in [1.82, 2.24) is 5.32 Å². The van der Waals surface area contributed by atoms with E-state index in [1.54, 1.807) is 0 Å². The van der Waals surface area contributed by atoms with Crippen molar-refractivity contribution in [2.75, 3.05) is 13.6 Å². The van der Waals surface area contributed by atoms with Crippen LogP contribution in [-0.2, 0) is 0 Å². The standard InChI is InChI=1S/C4H10Si.C3H9N/c1-3-4-5-2;1-3-4-2/h3H,1,4-5H2,2H3;4H,3H2,1-2H3. The second kappa shape index (κ2) is 15.7. The Morgan fingerprint density at radius 3 is 2.11 bits per heavy atom. The summed E-state index contributed by atoms with van der Waals surface area (Å²) >= 11 is 0. The fourth-order valence-electron chi connectivity index (χ4n) is 0.204. The average molecular weight is 145 g/mol. The number of hydrogen-bond acceptors (Lipinski definition) is 1. The molecule has 0 heterocycles. The van der Waals surface area contributed by atoms with Gasteiger partial charge in [0.15, 0.2) is 0 Å². The van der Waals surface area contributed by atoms with Crippen LogP contribution < -0.4 is 5.32 Å². The van der Waals surface area contributed by atoms with Crippen LogP contribution >= 0.6 is 0 Å². The summed E-state index contributed by atoms with van der Waals surface area (Å²) in [7, 11) is 2.23. The van der Waals surface area contributed by atoms with Crippen LogP contribution in [0.5, 0.6) is 0 Å². The van der Waals surface area contributed by atoms with Crippen molar-refractivity contribution in [2.24, 2.45) is 0 Å². The Bertz CT molecular complexity index is 44.2. The summed E-state index contributed by atoms with van der Waals surface area (Å²) in [6, 6.07) is 1.29. The molecule has 0 aromatic heterocycles. The van der Waals surface area contributed by atoms with Crippen molar-refractivity contribution >= 4 is 9.52 Å². The molecular formula is C7H19NSi. The van der Waals surface area contributed by atoms with E-state index in [0.29, 0.717) is 9.52 Å². The molecule has 0 fully saturated rings. The molecule has 0 aromatic rings. The summed E-state index contributed by atoms with van der Waals surface area (Å²) in [6.07, 6.45) is 1.99. The minimum atomic E-state index is 0.296. The minimum Gasteiger partial charge on any atom is -0.320 e. The second-order valence-electron chi connectivity index (χ2n) is 1.78. The fraction of sp³-hybridized carbons (Fsp3) is 0.714. The van der Waals surface area contributed by atoms with E-state index in [2.05, 4.69) is 25.4 Å². The molecule has 56 valence electrons. The highest BCUT2D eigenvalue weighted by atomic mass is 28.2. The van der Waals surface area contributed by atoms with Crippen LogP contribution in [0.4, 0.5) is 0 Å². The van der Waals surface area contributed by atoms with Gasteiger partial charge in [0.05, 0.1) is 0 Å². The molecule has 0 aliphatic heterocycles. The smallest absolute Gasteiger partial charge is 0.0209 e. The lowest BCUT2D eigenvalue weighted by molar-refractivity contribution is 0.864. The first kappa shape index (κ1) is 11.7. The van der Waals surface area contributed by atoms with E-state index < -0.39 is 0 Å². The van der Waals surface area contributed by atoms with Gasteiger partial charge in [-0.1, -0.05) is 19.5 Å². The van der Waals surface area contributed by atoms with Crippen molar-refractivity contribution < 1.29 is 0 Å². The first-order valence-corrected chi connectivity index (χ1v) is 6.00. The Morgan fingerprint density at radius 2 is 2.11 bits per heavy atom. The molecule has 0 spiro atoms. The largest absolute Gasteiger partial charge is 0.320 e. The van der Waals surface area contributed by atoms with Crippen molar-refractivity contribution in [3.8, 4) is 0 Å². The van der Waals surface area contributed by atoms with Crippen LogP contribution in [0.15, 0.2) is 12.7 Å². The van der Waals surface area contributed by atoms with Gasteiger partial charge in [0, 0.05) is 9.52 Å². The molecule has 0 aliphatic carbocycles. The van der Waals surface area contributed by atoms with Crippen LogP contribution in [-0.4, -0.2) is 23.1 Å². The molecule has 0 radical (unpaired) electrons. The van der Waals surface area contributed by atoms with Crippen LogP contribution in [0.25, 0.3) is 0 Å². The van der Waals surface area contributed by atoms with Gasteiger partial charge in [-0.05, 0) is 19.6 Å². The Kier molecular flexibility index (Phi) is 20.3. The number of hydrogen-bond donors (Lipinski definition) is 1. The number of allylic oxidation sites excluding steroid dienone is 1. The summed E-state index contributed by atoms with van der Waals surface area (Å²) in [4.78, 5) is 0. The van der Waals surface area contributed by atoms with Crippen molar-refractivity contribution in [2.45, 2.75) is 19.5 Å². The van der Waals surface area contributed by atoms with E-state index in [9.17, 15) is 0 Å². The first-order valence-electron chi connectivity index (χ1n) is 3.58. The van der Waals surface area contributed by atoms with E-state index >= 15 is 0 Å². The quantitative estimate of drug-likeness (QED) is 0.462. The molecule has 0 atom stereocenters. The van der Waals surface area contributed by atoms with E-state index in [1.165, 1.54) is 6.04 Å². The molecule has 0 aromatic carbocycles. The van der Waals surface area contributed by atoms with Gasteiger partial charge in [-0.2, -0.15) is 0 Å². The van der Waals surface area contributed by atoms with Crippen LogP contribution in [0, 0.1) is 0 Å². The molecule has 1 nitrogen and oxygen atoms in total. The third kappa shape index (κ3) is 32.6. The van der Waals surface area contributed by atoms with Crippen molar-refractivity contribution in [3.63, 3.8) is 0 Å². The van der Waals surface area contributed by atoms with Gasteiger partial charge in [-0.15, -0.1) is 6.58 Å². The Labute approximate surface area is 61.4 Å². The zero-order valence-corrected chi connectivity index (χ0v) is 8.32. The summed E-state index contributed by atoms with van der Waals surface area (Å²) in [5.41, 5.74) is 0. The van der Waals surface area contributed by atoms with Crippen molar-refractivity contribution in [1.29, 1.82) is 0 Å². The monoisotopic (exact) mass is 145 g/mol. The summed E-state index contributed by atoms with van der Waals surface area (Å²) < 4.78 is 0. The molecular weight excluding hydrogens is 126 g/mol. The third-order valence-electron chi connectivity index (χ3n) is 0.846. The van der Waals surface area contributed by atoms with E-state index in [1.807, 2.05) is 13.1 Å². The van der Waals surface area contributed by atoms with Gasteiger partial charge in [-0.25, -0.2) is 0 Å². The SMILES string of the molecule is C=CC[SiH2]C.CCNC. The highest BCUT2D eigenvalue weighted by Crippen LogP contribution is 1.72. The van der Waals surface area contributed by atoms with Crippen molar-refractivity contribution in [3.05, 3.63) is 12.7 Å². The minimum absolute atomic E-state index is 0.296. The average Bonchev–Trinajstić information content (AvgIpc) is 1.91. The molecule has 0 amide bonds. The normalized spacial score (nSPS) is 8.78. The molecule has 1 N–H and O–H groups in total. The van der Waals surface area contributed by atoms with E-state index in [0.717, 1.165) is 6.54 Å².